The van der Waals surface area contributed by atoms with Crippen LogP contribution in [0.15, 0.2) is 48.7 Å². The van der Waals surface area contributed by atoms with Crippen LogP contribution in [-0.2, 0) is 13.5 Å². The number of hydrogen-bond donors (Lipinski definition) is 0. The number of benzene rings is 2. The molecule has 0 N–H and O–H groups in total. The number of nitrogens with zero attached hydrogens (tertiary/aromatic N) is 1. The number of aryl methyl sites for hydroxylation is 2. The minimum absolute atomic E-state index is 0.447. The predicted octanol–water partition coefficient (Wildman–Crippen LogP) is 7.62. The van der Waals surface area contributed by atoms with Gasteiger partial charge in [-0.3, -0.25) is 0 Å². The highest BCUT2D eigenvalue weighted by Crippen LogP contribution is 2.51. The first-order valence-electron chi connectivity index (χ1n) is 13.8. The van der Waals surface area contributed by atoms with Gasteiger partial charge in [-0.25, -0.2) is 4.57 Å². The van der Waals surface area contributed by atoms with Crippen molar-refractivity contribution in [1.82, 2.24) is 0 Å². The zero-order valence-corrected chi connectivity index (χ0v) is 20.2. The Morgan fingerprint density at radius 2 is 1.70 bits per heavy atom. The molecule has 8 bridgehead atoms. The van der Waals surface area contributed by atoms with Crippen molar-refractivity contribution in [2.75, 3.05) is 0 Å². The van der Waals surface area contributed by atoms with Crippen LogP contribution < -0.4 is 4.57 Å². The summed E-state index contributed by atoms with van der Waals surface area (Å²) in [6.45, 7) is 2.27. The van der Waals surface area contributed by atoms with E-state index in [0.29, 0.717) is 11.8 Å². The molecule has 0 amide bonds. The van der Waals surface area contributed by atoms with Crippen LogP contribution >= 0.6 is 0 Å². The van der Waals surface area contributed by atoms with Gasteiger partial charge in [0.15, 0.2) is 6.20 Å². The van der Waals surface area contributed by atoms with Gasteiger partial charge in [-0.2, -0.15) is 0 Å². The van der Waals surface area contributed by atoms with Crippen LogP contribution in [0, 0.1) is 18.8 Å². The van der Waals surface area contributed by atoms with Crippen molar-refractivity contribution in [2.45, 2.75) is 76.5 Å². The maximum Gasteiger partial charge on any atom is 0.213 e. The second-order valence-electron chi connectivity index (χ2n) is 11.3. The van der Waals surface area contributed by atoms with E-state index in [2.05, 4.69) is 67.2 Å². The standard InChI is InChI=1S/C32H36N/c1-20-12-13-28-27-11-5-10-26-25-9-4-8-23(17-25)21-6-3-7-22(16-21)24-14-15-33(2)31(18-24)32(20)30(28)19-29(26)27/h5,10-15,18,21-23,25H,3-4,6-9,16-17,19H2,1-2H3/q+1/i22D. The molecule has 0 saturated heterocycles. The van der Waals surface area contributed by atoms with E-state index in [0.717, 1.165) is 25.2 Å². The third-order valence-corrected chi connectivity index (χ3v) is 9.57. The number of hydrogen-bond acceptors (Lipinski definition) is 0. The second kappa shape index (κ2) is 7.55. The van der Waals surface area contributed by atoms with E-state index >= 15 is 0 Å². The zero-order chi connectivity index (χ0) is 23.0. The van der Waals surface area contributed by atoms with Crippen LogP contribution in [0.4, 0.5) is 0 Å². The van der Waals surface area contributed by atoms with Crippen molar-refractivity contribution in [3.63, 3.8) is 0 Å². The van der Waals surface area contributed by atoms with Gasteiger partial charge in [0, 0.05) is 13.5 Å². The van der Waals surface area contributed by atoms with E-state index in [4.69, 9.17) is 0 Å². The van der Waals surface area contributed by atoms with E-state index in [1.54, 1.807) is 11.1 Å². The Balaban J connectivity index is 1.51. The van der Waals surface area contributed by atoms with Gasteiger partial charge in [0.25, 0.3) is 0 Å². The zero-order valence-electron chi connectivity index (χ0n) is 21.2. The average Bonchev–Trinajstić information content (AvgIpc) is 3.23. The smallest absolute Gasteiger partial charge is 0.201 e. The van der Waals surface area contributed by atoms with E-state index in [-0.39, 0.29) is 0 Å². The SMILES string of the molecule is [2H]C12CCCC(C1)C1CCCC(C1)c1cccc3c1Cc1c-3ccc(C)c1-c1cc2cc[n+]1C. The second-order valence-corrected chi connectivity index (χ2v) is 11.3. The Morgan fingerprint density at radius 1 is 0.879 bits per heavy atom. The molecular formula is C32H36N+. The van der Waals surface area contributed by atoms with E-state index in [9.17, 15) is 1.37 Å². The molecule has 0 spiro atoms. The van der Waals surface area contributed by atoms with E-state index in [1.165, 1.54) is 77.6 Å². The quantitative estimate of drug-likeness (QED) is 0.250. The molecule has 0 radical (unpaired) electrons. The molecule has 1 aromatic heterocycles. The monoisotopic (exact) mass is 435 g/mol. The van der Waals surface area contributed by atoms with Crippen LogP contribution in [-0.4, -0.2) is 0 Å². The molecule has 2 fully saturated rings. The molecule has 1 nitrogen and oxygen atoms in total. The van der Waals surface area contributed by atoms with Gasteiger partial charge in [0.05, 0.1) is 5.56 Å². The predicted molar refractivity (Wildman–Crippen MR) is 135 cm³/mol. The van der Waals surface area contributed by atoms with Gasteiger partial charge in [-0.05, 0) is 102 Å². The highest BCUT2D eigenvalue weighted by Gasteiger charge is 2.36. The summed E-state index contributed by atoms with van der Waals surface area (Å²) in [5, 5.41) is 0. The number of rotatable bonds is 0. The summed E-state index contributed by atoms with van der Waals surface area (Å²) in [6, 6.07) is 16.5. The summed E-state index contributed by atoms with van der Waals surface area (Å²) < 4.78 is 12.0. The Morgan fingerprint density at radius 3 is 2.61 bits per heavy atom. The summed E-state index contributed by atoms with van der Waals surface area (Å²) in [4.78, 5) is 0. The fourth-order valence-corrected chi connectivity index (χ4v) is 7.91. The minimum atomic E-state index is -0.447. The Bertz CT molecular complexity index is 1310. The van der Waals surface area contributed by atoms with Gasteiger partial charge in [0.1, 0.15) is 7.05 Å². The first-order chi connectivity index (χ1) is 16.5. The van der Waals surface area contributed by atoms with Crippen molar-refractivity contribution in [3.05, 3.63) is 76.5 Å². The van der Waals surface area contributed by atoms with Crippen LogP contribution in [0.1, 0.15) is 92.4 Å². The lowest BCUT2D eigenvalue weighted by Crippen LogP contribution is -2.32. The number of fused-ring (bicyclic) bond motifs is 11. The van der Waals surface area contributed by atoms with Crippen LogP contribution in [0.5, 0.6) is 0 Å². The highest BCUT2D eigenvalue weighted by atomic mass is 14.9. The first kappa shape index (κ1) is 19.0. The molecule has 2 aromatic carbocycles. The summed E-state index contributed by atoms with van der Waals surface area (Å²) in [5.74, 6) is 1.72. The number of aromatic nitrogens is 1. The summed E-state index contributed by atoms with van der Waals surface area (Å²) in [5.41, 5.74) is 12.9. The molecule has 7 rings (SSSR count). The molecule has 4 aliphatic rings. The molecule has 4 unspecified atom stereocenters. The van der Waals surface area contributed by atoms with E-state index in [1.807, 2.05) is 0 Å². The lowest BCUT2D eigenvalue weighted by molar-refractivity contribution is -0.660. The molecule has 168 valence electrons. The van der Waals surface area contributed by atoms with Gasteiger partial charge in [0.2, 0.25) is 5.69 Å². The number of pyridine rings is 1. The van der Waals surface area contributed by atoms with Crippen LogP contribution in [0.25, 0.3) is 22.4 Å². The van der Waals surface area contributed by atoms with Gasteiger partial charge in [-0.1, -0.05) is 56.0 Å². The minimum Gasteiger partial charge on any atom is -0.201 e. The molecule has 2 saturated carbocycles. The van der Waals surface area contributed by atoms with Crippen molar-refractivity contribution in [3.8, 4) is 22.4 Å². The first-order valence-corrected chi connectivity index (χ1v) is 13.3. The maximum atomic E-state index is 9.69. The molecule has 33 heavy (non-hydrogen) atoms. The fourth-order valence-electron chi connectivity index (χ4n) is 7.91. The van der Waals surface area contributed by atoms with Crippen molar-refractivity contribution in [2.24, 2.45) is 18.9 Å². The van der Waals surface area contributed by atoms with Crippen LogP contribution in [0.2, 0.25) is 0 Å². The fraction of sp³-hybridized carbons (Fsp3) is 0.469. The largest absolute Gasteiger partial charge is 0.213 e. The summed E-state index contributed by atoms with van der Waals surface area (Å²) in [7, 11) is 2.18. The molecular weight excluding hydrogens is 398 g/mol. The third kappa shape index (κ3) is 3.07. The third-order valence-electron chi connectivity index (χ3n) is 9.57. The summed E-state index contributed by atoms with van der Waals surface area (Å²) in [6.07, 6.45) is 13.2. The molecule has 0 aliphatic heterocycles. The van der Waals surface area contributed by atoms with E-state index < -0.39 is 5.89 Å². The molecule has 4 aliphatic carbocycles. The molecule has 4 atom stereocenters. The van der Waals surface area contributed by atoms with Crippen molar-refractivity contribution in [1.29, 1.82) is 0 Å². The van der Waals surface area contributed by atoms with Crippen molar-refractivity contribution >= 4 is 0 Å². The Labute approximate surface area is 200 Å². The maximum absolute atomic E-state index is 9.69. The highest BCUT2D eigenvalue weighted by molar-refractivity contribution is 5.85. The topological polar surface area (TPSA) is 3.88 Å². The lowest BCUT2D eigenvalue weighted by atomic mass is 9.66. The molecule has 1 heterocycles. The van der Waals surface area contributed by atoms with Crippen LogP contribution in [0.3, 0.4) is 0 Å². The average molecular weight is 436 g/mol. The van der Waals surface area contributed by atoms with Gasteiger partial charge in [-0.15, -0.1) is 0 Å². The summed E-state index contributed by atoms with van der Waals surface area (Å²) >= 11 is 0. The van der Waals surface area contributed by atoms with Gasteiger partial charge < -0.3 is 0 Å². The Hall–Kier alpha value is -2.41. The lowest BCUT2D eigenvalue weighted by Gasteiger charge is -2.39. The molecule has 3 aromatic rings. The van der Waals surface area contributed by atoms with Crippen molar-refractivity contribution < 1.29 is 5.94 Å². The normalized spacial score (nSPS) is 29.9. The molecule has 1 heteroatoms. The Kier molecular flexibility index (Phi) is 4.34. The van der Waals surface area contributed by atoms with Gasteiger partial charge >= 0.3 is 0 Å².